The maximum Gasteiger partial charge on any atom is 0.260 e. The fourth-order valence-electron chi connectivity index (χ4n) is 2.28. The quantitative estimate of drug-likeness (QED) is 0.472. The molecule has 17 heavy (non-hydrogen) atoms. The number of benzene rings is 1. The van der Waals surface area contributed by atoms with Crippen LogP contribution in [0, 0.1) is 6.57 Å². The lowest BCUT2D eigenvalue weighted by molar-refractivity contribution is 0.269. The van der Waals surface area contributed by atoms with E-state index in [4.69, 9.17) is 18.8 Å². The molecule has 1 saturated heterocycles. The van der Waals surface area contributed by atoms with E-state index in [0.717, 1.165) is 31.5 Å². The molecule has 2 rings (SSSR count). The Balaban J connectivity index is 2.20. The molecule has 0 aromatic heterocycles. The molecule has 0 radical (unpaired) electrons. The monoisotopic (exact) mass is 262 g/mol. The SMILES string of the molecule is [C-]#[N+]C1(c2ccccc2)CCN(C(=S)S)CC1. The van der Waals surface area contributed by atoms with Gasteiger partial charge in [-0.15, -0.1) is 12.6 Å². The Kier molecular flexibility index (Phi) is 3.70. The lowest BCUT2D eigenvalue weighted by atomic mass is 9.82. The number of piperidine rings is 1. The molecule has 2 nitrogen and oxygen atoms in total. The smallest absolute Gasteiger partial charge is 0.260 e. The van der Waals surface area contributed by atoms with Crippen molar-refractivity contribution in [3.8, 4) is 0 Å². The fourth-order valence-corrected chi connectivity index (χ4v) is 2.66. The Morgan fingerprint density at radius 2 is 1.88 bits per heavy atom. The molecule has 0 aliphatic carbocycles. The second-order valence-electron chi connectivity index (χ2n) is 4.28. The summed E-state index contributed by atoms with van der Waals surface area (Å²) >= 11 is 9.25. The van der Waals surface area contributed by atoms with E-state index in [1.807, 2.05) is 30.3 Å². The molecule has 4 heteroatoms. The zero-order chi connectivity index (χ0) is 12.3. The number of hydrogen-bond donors (Lipinski definition) is 1. The van der Waals surface area contributed by atoms with Gasteiger partial charge >= 0.3 is 0 Å². The van der Waals surface area contributed by atoms with Crippen molar-refractivity contribution in [2.45, 2.75) is 18.4 Å². The van der Waals surface area contributed by atoms with Crippen molar-refractivity contribution in [2.75, 3.05) is 13.1 Å². The number of likely N-dealkylation sites (tertiary alicyclic amines) is 1. The van der Waals surface area contributed by atoms with Crippen LogP contribution in [0.3, 0.4) is 0 Å². The third kappa shape index (κ3) is 2.46. The van der Waals surface area contributed by atoms with Crippen LogP contribution in [0.25, 0.3) is 4.85 Å². The highest BCUT2D eigenvalue weighted by Gasteiger charge is 2.42. The molecule has 1 heterocycles. The average Bonchev–Trinajstić information content (AvgIpc) is 2.40. The van der Waals surface area contributed by atoms with Crippen LogP contribution in [0.5, 0.6) is 0 Å². The highest BCUT2D eigenvalue weighted by molar-refractivity contribution is 8.10. The fraction of sp³-hybridized carbons (Fsp3) is 0.385. The molecule has 1 fully saturated rings. The summed E-state index contributed by atoms with van der Waals surface area (Å²) in [6, 6.07) is 10.1. The highest BCUT2D eigenvalue weighted by Crippen LogP contribution is 2.37. The van der Waals surface area contributed by atoms with Crippen LogP contribution in [-0.4, -0.2) is 22.3 Å². The van der Waals surface area contributed by atoms with E-state index in [1.54, 1.807) is 0 Å². The van der Waals surface area contributed by atoms with Crippen molar-refractivity contribution in [3.63, 3.8) is 0 Å². The minimum atomic E-state index is -0.365. The summed E-state index contributed by atoms with van der Waals surface area (Å²) in [5.74, 6) is 0. The summed E-state index contributed by atoms with van der Waals surface area (Å²) in [5.41, 5.74) is 0.760. The number of thiocarbonyl (C=S) groups is 1. The van der Waals surface area contributed by atoms with Crippen LogP contribution in [-0.2, 0) is 5.54 Å². The average molecular weight is 262 g/mol. The highest BCUT2D eigenvalue weighted by atomic mass is 32.1. The van der Waals surface area contributed by atoms with Crippen molar-refractivity contribution in [1.82, 2.24) is 4.90 Å². The molecule has 1 aliphatic rings. The maximum atomic E-state index is 7.51. The van der Waals surface area contributed by atoms with Gasteiger partial charge in [-0.2, -0.15) is 0 Å². The lowest BCUT2D eigenvalue weighted by Gasteiger charge is -2.34. The standard InChI is InChI=1S/C13H14N2S2/c1-14-13(11-5-3-2-4-6-11)7-9-15(10-8-13)12(16)17/h2-6H,7-10H2,(H,16,17). The van der Waals surface area contributed by atoms with Crippen molar-refractivity contribution >= 4 is 29.2 Å². The van der Waals surface area contributed by atoms with Crippen LogP contribution < -0.4 is 0 Å². The first kappa shape index (κ1) is 12.4. The van der Waals surface area contributed by atoms with Crippen LogP contribution in [0.2, 0.25) is 0 Å². The normalized spacial score (nSPS) is 18.5. The van der Waals surface area contributed by atoms with Gasteiger partial charge in [0, 0.05) is 31.5 Å². The van der Waals surface area contributed by atoms with Gasteiger partial charge in [0.1, 0.15) is 4.32 Å². The summed E-state index contributed by atoms with van der Waals surface area (Å²) in [6.45, 7) is 9.15. The molecule has 1 aromatic rings. The van der Waals surface area contributed by atoms with Crippen molar-refractivity contribution < 1.29 is 0 Å². The largest absolute Gasteiger partial charge is 0.357 e. The first-order valence-electron chi connectivity index (χ1n) is 5.60. The Bertz CT molecular complexity index is 442. The number of rotatable bonds is 1. The number of hydrogen-bond acceptors (Lipinski definition) is 1. The van der Waals surface area contributed by atoms with Gasteiger partial charge in [-0.05, 0) is 0 Å². The van der Waals surface area contributed by atoms with Crippen molar-refractivity contribution in [2.24, 2.45) is 0 Å². The maximum absolute atomic E-state index is 7.51. The first-order valence-corrected chi connectivity index (χ1v) is 6.45. The van der Waals surface area contributed by atoms with E-state index in [1.165, 1.54) is 0 Å². The van der Waals surface area contributed by atoms with Crippen LogP contribution >= 0.6 is 24.8 Å². The van der Waals surface area contributed by atoms with E-state index in [9.17, 15) is 0 Å². The van der Waals surface area contributed by atoms with E-state index in [0.29, 0.717) is 4.32 Å². The summed E-state index contributed by atoms with van der Waals surface area (Å²) in [6.07, 6.45) is 1.64. The number of nitrogens with zero attached hydrogens (tertiary/aromatic N) is 2. The van der Waals surface area contributed by atoms with Gasteiger partial charge in [-0.3, -0.25) is 0 Å². The van der Waals surface area contributed by atoms with Gasteiger partial charge < -0.3 is 9.74 Å². The molecule has 88 valence electrons. The second-order valence-corrected chi connectivity index (χ2v) is 5.39. The molecule has 0 amide bonds. The number of thiol groups is 1. The van der Waals surface area contributed by atoms with Gasteiger partial charge in [-0.25, -0.2) is 6.57 Å². The third-order valence-electron chi connectivity index (χ3n) is 3.39. The summed E-state index contributed by atoms with van der Waals surface area (Å²) in [5, 5.41) is 0. The van der Waals surface area contributed by atoms with E-state index in [-0.39, 0.29) is 5.54 Å². The van der Waals surface area contributed by atoms with Gasteiger partial charge in [0.15, 0.2) is 0 Å². The van der Waals surface area contributed by atoms with Gasteiger partial charge in [0.05, 0.1) is 0 Å². The van der Waals surface area contributed by atoms with Crippen LogP contribution in [0.15, 0.2) is 30.3 Å². The third-order valence-corrected chi connectivity index (χ3v) is 3.93. The van der Waals surface area contributed by atoms with Crippen molar-refractivity contribution in [1.29, 1.82) is 0 Å². The van der Waals surface area contributed by atoms with Gasteiger partial charge in [0.2, 0.25) is 0 Å². The Labute approximate surface area is 113 Å². The molecular formula is C13H14N2S2. The summed E-state index contributed by atoms with van der Waals surface area (Å²) in [4.78, 5) is 5.96. The second kappa shape index (κ2) is 5.07. The van der Waals surface area contributed by atoms with Gasteiger partial charge in [0.25, 0.3) is 5.54 Å². The molecular weight excluding hydrogens is 248 g/mol. The summed E-state index contributed by atoms with van der Waals surface area (Å²) < 4.78 is 0.636. The predicted molar refractivity (Wildman–Crippen MR) is 77.1 cm³/mol. The Morgan fingerprint density at radius 1 is 1.29 bits per heavy atom. The van der Waals surface area contributed by atoms with Crippen LogP contribution in [0.4, 0.5) is 0 Å². The van der Waals surface area contributed by atoms with E-state index in [2.05, 4.69) is 22.4 Å². The van der Waals surface area contributed by atoms with Gasteiger partial charge in [-0.1, -0.05) is 42.5 Å². The van der Waals surface area contributed by atoms with Crippen molar-refractivity contribution in [3.05, 3.63) is 47.3 Å². The summed E-state index contributed by atoms with van der Waals surface area (Å²) in [7, 11) is 0. The van der Waals surface area contributed by atoms with E-state index < -0.39 is 0 Å². The zero-order valence-corrected chi connectivity index (χ0v) is 11.2. The molecule has 0 unspecified atom stereocenters. The molecule has 0 atom stereocenters. The molecule has 0 bridgehead atoms. The predicted octanol–water partition coefficient (Wildman–Crippen LogP) is 3.11. The molecule has 1 aromatic carbocycles. The minimum Gasteiger partial charge on any atom is -0.357 e. The molecule has 1 aliphatic heterocycles. The molecule has 0 saturated carbocycles. The van der Waals surface area contributed by atoms with Crippen LogP contribution in [0.1, 0.15) is 18.4 Å². The Hall–Kier alpha value is -1.05. The Morgan fingerprint density at radius 3 is 2.35 bits per heavy atom. The molecule has 0 spiro atoms. The van der Waals surface area contributed by atoms with E-state index >= 15 is 0 Å². The topological polar surface area (TPSA) is 7.60 Å². The zero-order valence-electron chi connectivity index (χ0n) is 9.47. The first-order chi connectivity index (χ1) is 8.18. The molecule has 0 N–H and O–H groups in total. The minimum absolute atomic E-state index is 0.365. The lowest BCUT2D eigenvalue weighted by Crippen LogP contribution is -2.41.